The van der Waals surface area contributed by atoms with Crippen molar-refractivity contribution < 1.29 is 19.1 Å². The Morgan fingerprint density at radius 2 is 2.00 bits per heavy atom. The zero-order valence-corrected chi connectivity index (χ0v) is 18.3. The second-order valence-electron chi connectivity index (χ2n) is 7.16. The number of amides is 1. The Hall–Kier alpha value is -2.45. The van der Waals surface area contributed by atoms with E-state index in [1.807, 2.05) is 19.9 Å². The lowest BCUT2D eigenvalue weighted by Crippen LogP contribution is -2.34. The number of thiophene rings is 1. The van der Waals surface area contributed by atoms with Gasteiger partial charge in [-0.05, 0) is 55.1 Å². The van der Waals surface area contributed by atoms with Crippen LogP contribution in [0.4, 0.5) is 5.00 Å². The van der Waals surface area contributed by atoms with E-state index in [4.69, 9.17) is 21.7 Å². The maximum absolute atomic E-state index is 12.7. The van der Waals surface area contributed by atoms with Crippen molar-refractivity contribution in [1.82, 2.24) is 5.32 Å². The zero-order valence-electron chi connectivity index (χ0n) is 16.7. The molecule has 1 aromatic heterocycles. The van der Waals surface area contributed by atoms with E-state index in [0.29, 0.717) is 34.4 Å². The van der Waals surface area contributed by atoms with Crippen LogP contribution in [0.2, 0.25) is 0 Å². The first-order valence-electron chi connectivity index (χ1n) is 9.47. The highest BCUT2D eigenvalue weighted by molar-refractivity contribution is 7.80. The standard InChI is InChI=1S/C21H24N2O4S2/c1-12(2)11-27-15-9-5-4-7-13(15)18(24)22-21(28)23-19-17(20(25)26-3)14-8-6-10-16(14)29-19/h4-5,7,9,12H,6,8,10-11H2,1-3H3,(H2,22,23,24,28). The minimum Gasteiger partial charge on any atom is -0.492 e. The molecule has 1 aliphatic rings. The van der Waals surface area contributed by atoms with Crippen LogP contribution in [0.25, 0.3) is 0 Å². The van der Waals surface area contributed by atoms with Gasteiger partial charge in [0.05, 0.1) is 24.8 Å². The third-order valence-corrected chi connectivity index (χ3v) is 5.88. The number of methoxy groups -OCH3 is 1. The number of nitrogens with one attached hydrogen (secondary N) is 2. The Kier molecular flexibility index (Phi) is 6.87. The fourth-order valence-corrected chi connectivity index (χ4v) is 4.69. The minimum absolute atomic E-state index is 0.124. The van der Waals surface area contributed by atoms with Gasteiger partial charge >= 0.3 is 5.97 Å². The van der Waals surface area contributed by atoms with Gasteiger partial charge in [0.2, 0.25) is 0 Å². The van der Waals surface area contributed by atoms with Crippen LogP contribution < -0.4 is 15.4 Å². The largest absolute Gasteiger partial charge is 0.492 e. The molecule has 0 fully saturated rings. The second-order valence-corrected chi connectivity index (χ2v) is 8.68. The van der Waals surface area contributed by atoms with Crippen molar-refractivity contribution in [2.75, 3.05) is 19.0 Å². The van der Waals surface area contributed by atoms with Gasteiger partial charge in [-0.3, -0.25) is 10.1 Å². The van der Waals surface area contributed by atoms with E-state index in [9.17, 15) is 9.59 Å². The quantitative estimate of drug-likeness (QED) is 0.527. The molecule has 0 spiro atoms. The number of benzene rings is 1. The summed E-state index contributed by atoms with van der Waals surface area (Å²) in [5.74, 6) is 0.0808. The van der Waals surface area contributed by atoms with Crippen LogP contribution in [-0.4, -0.2) is 30.7 Å². The number of ether oxygens (including phenoxy) is 2. The number of aryl methyl sites for hydroxylation is 1. The van der Waals surface area contributed by atoms with Gasteiger partial charge in [0.25, 0.3) is 5.91 Å². The van der Waals surface area contributed by atoms with Gasteiger partial charge in [-0.15, -0.1) is 11.3 Å². The molecule has 0 atom stereocenters. The summed E-state index contributed by atoms with van der Waals surface area (Å²) in [6.45, 7) is 4.59. The molecule has 154 valence electrons. The van der Waals surface area contributed by atoms with Crippen molar-refractivity contribution in [3.8, 4) is 5.75 Å². The van der Waals surface area contributed by atoms with Gasteiger partial charge in [0, 0.05) is 4.88 Å². The average molecular weight is 433 g/mol. The molecule has 0 bridgehead atoms. The van der Waals surface area contributed by atoms with Gasteiger partial charge in [-0.25, -0.2) is 4.79 Å². The molecule has 29 heavy (non-hydrogen) atoms. The van der Waals surface area contributed by atoms with E-state index in [1.165, 1.54) is 18.4 Å². The molecule has 0 unspecified atom stereocenters. The predicted molar refractivity (Wildman–Crippen MR) is 118 cm³/mol. The van der Waals surface area contributed by atoms with Gasteiger partial charge in [0.1, 0.15) is 10.8 Å². The number of rotatable bonds is 6. The van der Waals surface area contributed by atoms with Crippen molar-refractivity contribution in [2.24, 2.45) is 5.92 Å². The summed E-state index contributed by atoms with van der Waals surface area (Å²) in [4.78, 5) is 26.1. The fraction of sp³-hybridized carbons (Fsp3) is 0.381. The van der Waals surface area contributed by atoms with E-state index in [2.05, 4.69) is 10.6 Å². The van der Waals surface area contributed by atoms with E-state index in [0.717, 1.165) is 29.7 Å². The lowest BCUT2D eigenvalue weighted by atomic mass is 10.1. The molecule has 1 aliphatic carbocycles. The summed E-state index contributed by atoms with van der Waals surface area (Å²) in [5.41, 5.74) is 1.94. The number of anilines is 1. The Labute approximate surface area is 179 Å². The molecule has 2 aromatic rings. The first-order valence-corrected chi connectivity index (χ1v) is 10.7. The summed E-state index contributed by atoms with van der Waals surface area (Å²) in [6, 6.07) is 7.03. The molecule has 0 aliphatic heterocycles. The molecule has 2 N–H and O–H groups in total. The molecule has 0 saturated heterocycles. The van der Waals surface area contributed by atoms with Crippen LogP contribution in [0.5, 0.6) is 5.75 Å². The maximum atomic E-state index is 12.7. The molecule has 1 amide bonds. The van der Waals surface area contributed by atoms with E-state index in [-0.39, 0.29) is 11.0 Å². The number of esters is 1. The molecular weight excluding hydrogens is 408 g/mol. The summed E-state index contributed by atoms with van der Waals surface area (Å²) >= 11 is 6.80. The monoisotopic (exact) mass is 432 g/mol. The van der Waals surface area contributed by atoms with Crippen LogP contribution in [0, 0.1) is 5.92 Å². The molecule has 0 saturated carbocycles. The van der Waals surface area contributed by atoms with Gasteiger partial charge in [-0.2, -0.15) is 0 Å². The highest BCUT2D eigenvalue weighted by Gasteiger charge is 2.28. The Morgan fingerprint density at radius 3 is 2.72 bits per heavy atom. The minimum atomic E-state index is -0.395. The van der Waals surface area contributed by atoms with Crippen molar-refractivity contribution in [3.63, 3.8) is 0 Å². The lowest BCUT2D eigenvalue weighted by molar-refractivity contribution is 0.0601. The third-order valence-electron chi connectivity index (χ3n) is 4.47. The summed E-state index contributed by atoms with van der Waals surface area (Å²) in [7, 11) is 1.36. The SMILES string of the molecule is COC(=O)c1c(NC(=S)NC(=O)c2ccccc2OCC(C)C)sc2c1CCC2. The smallest absolute Gasteiger partial charge is 0.341 e. The number of thiocarbonyl (C=S) groups is 1. The van der Waals surface area contributed by atoms with Gasteiger partial charge in [-0.1, -0.05) is 26.0 Å². The van der Waals surface area contributed by atoms with Crippen molar-refractivity contribution in [1.29, 1.82) is 0 Å². The highest BCUT2D eigenvalue weighted by Crippen LogP contribution is 2.39. The van der Waals surface area contributed by atoms with Crippen molar-refractivity contribution in [2.45, 2.75) is 33.1 Å². The molecular formula is C21H24N2O4S2. The number of hydrogen-bond donors (Lipinski definition) is 2. The number of carbonyl (C=O) groups is 2. The van der Waals surface area contributed by atoms with E-state index >= 15 is 0 Å². The lowest BCUT2D eigenvalue weighted by Gasteiger charge is -2.14. The first kappa shape index (κ1) is 21.3. The number of carbonyl (C=O) groups excluding carboxylic acids is 2. The highest BCUT2D eigenvalue weighted by atomic mass is 32.1. The Bertz CT molecular complexity index is 937. The summed E-state index contributed by atoms with van der Waals surface area (Å²) in [6.07, 6.45) is 2.81. The average Bonchev–Trinajstić information content (AvgIpc) is 3.26. The summed E-state index contributed by atoms with van der Waals surface area (Å²) < 4.78 is 10.7. The van der Waals surface area contributed by atoms with Gasteiger partial charge < -0.3 is 14.8 Å². The number of fused-ring (bicyclic) bond motifs is 1. The van der Waals surface area contributed by atoms with E-state index in [1.54, 1.807) is 18.2 Å². The van der Waals surface area contributed by atoms with E-state index < -0.39 is 5.97 Å². The first-order chi connectivity index (χ1) is 13.9. The molecule has 3 rings (SSSR count). The number of hydrogen-bond acceptors (Lipinski definition) is 6. The molecule has 6 nitrogen and oxygen atoms in total. The topological polar surface area (TPSA) is 76.7 Å². The molecule has 8 heteroatoms. The Balaban J connectivity index is 1.72. The molecule has 1 aromatic carbocycles. The molecule has 1 heterocycles. The summed E-state index contributed by atoms with van der Waals surface area (Å²) in [5, 5.41) is 6.41. The predicted octanol–water partition coefficient (Wildman–Crippen LogP) is 4.19. The molecule has 0 radical (unpaired) electrons. The second kappa shape index (κ2) is 9.37. The van der Waals surface area contributed by atoms with Crippen LogP contribution in [0.1, 0.15) is 51.4 Å². The number of para-hydroxylation sites is 1. The normalized spacial score (nSPS) is 12.4. The zero-order chi connectivity index (χ0) is 21.0. The van der Waals surface area contributed by atoms with Crippen molar-refractivity contribution >= 4 is 45.5 Å². The van der Waals surface area contributed by atoms with Crippen molar-refractivity contribution in [3.05, 3.63) is 45.8 Å². The van der Waals surface area contributed by atoms with Crippen LogP contribution in [-0.2, 0) is 17.6 Å². The maximum Gasteiger partial charge on any atom is 0.341 e. The van der Waals surface area contributed by atoms with Crippen LogP contribution in [0.15, 0.2) is 24.3 Å². The van der Waals surface area contributed by atoms with Crippen LogP contribution in [0.3, 0.4) is 0 Å². The third kappa shape index (κ3) is 4.94. The fourth-order valence-electron chi connectivity index (χ4n) is 3.15. The Morgan fingerprint density at radius 1 is 1.24 bits per heavy atom. The van der Waals surface area contributed by atoms with Gasteiger partial charge in [0.15, 0.2) is 5.11 Å². The van der Waals surface area contributed by atoms with Crippen LogP contribution >= 0.6 is 23.6 Å².